The third-order valence-corrected chi connectivity index (χ3v) is 3.62. The molecular weight excluding hydrogens is 296 g/mol. The molecule has 4 heteroatoms. The first-order valence-corrected chi connectivity index (χ1v) is 7.44. The van der Waals surface area contributed by atoms with Gasteiger partial charge in [-0.15, -0.1) is 0 Å². The standard InChI is InChI=1S/C18H17ClN2O/c1-13(2)21(12-15-4-3-5-17(19)10-15)18(22)16-8-6-14(11-20)7-9-16/h3-10,13H,12H2,1-2H3. The largest absolute Gasteiger partial charge is 0.332 e. The predicted octanol–water partition coefficient (Wildman–Crippen LogP) is 4.26. The average Bonchev–Trinajstić information content (AvgIpc) is 2.52. The molecule has 2 aromatic rings. The van der Waals surface area contributed by atoms with Gasteiger partial charge in [0.1, 0.15) is 0 Å². The molecule has 0 aliphatic carbocycles. The molecule has 3 nitrogen and oxygen atoms in total. The number of rotatable bonds is 4. The van der Waals surface area contributed by atoms with E-state index in [0.29, 0.717) is 22.7 Å². The Morgan fingerprint density at radius 2 is 1.91 bits per heavy atom. The zero-order chi connectivity index (χ0) is 16.1. The fourth-order valence-electron chi connectivity index (χ4n) is 2.17. The number of amides is 1. The molecule has 0 aliphatic rings. The molecule has 2 aromatic carbocycles. The lowest BCUT2D eigenvalue weighted by molar-refractivity contribution is 0.0690. The lowest BCUT2D eigenvalue weighted by Crippen LogP contribution is -2.36. The van der Waals surface area contributed by atoms with Crippen molar-refractivity contribution in [1.82, 2.24) is 4.90 Å². The highest BCUT2D eigenvalue weighted by Crippen LogP contribution is 2.17. The predicted molar refractivity (Wildman–Crippen MR) is 87.6 cm³/mol. The van der Waals surface area contributed by atoms with Crippen molar-refractivity contribution < 1.29 is 4.79 Å². The van der Waals surface area contributed by atoms with Gasteiger partial charge in [0.05, 0.1) is 11.6 Å². The summed E-state index contributed by atoms with van der Waals surface area (Å²) in [6.07, 6.45) is 0. The van der Waals surface area contributed by atoms with Crippen molar-refractivity contribution in [3.05, 3.63) is 70.2 Å². The lowest BCUT2D eigenvalue weighted by atomic mass is 10.1. The Morgan fingerprint density at radius 1 is 1.23 bits per heavy atom. The van der Waals surface area contributed by atoms with Gasteiger partial charge in [-0.2, -0.15) is 5.26 Å². The van der Waals surface area contributed by atoms with E-state index in [1.807, 2.05) is 38.1 Å². The summed E-state index contributed by atoms with van der Waals surface area (Å²) in [5.74, 6) is -0.0561. The minimum Gasteiger partial charge on any atom is -0.332 e. The van der Waals surface area contributed by atoms with Gasteiger partial charge in [0, 0.05) is 23.2 Å². The fourth-order valence-corrected chi connectivity index (χ4v) is 2.39. The highest BCUT2D eigenvalue weighted by Gasteiger charge is 2.19. The molecule has 0 heterocycles. The first-order chi connectivity index (χ1) is 10.5. The molecule has 2 rings (SSSR count). The summed E-state index contributed by atoms with van der Waals surface area (Å²) < 4.78 is 0. The van der Waals surface area contributed by atoms with Crippen molar-refractivity contribution in [2.75, 3.05) is 0 Å². The number of benzene rings is 2. The SMILES string of the molecule is CC(C)N(Cc1cccc(Cl)c1)C(=O)c1ccc(C#N)cc1. The molecule has 0 bridgehead atoms. The van der Waals surface area contributed by atoms with Crippen molar-refractivity contribution in [1.29, 1.82) is 5.26 Å². The number of carbonyl (C=O) groups excluding carboxylic acids is 1. The summed E-state index contributed by atoms with van der Waals surface area (Å²) in [7, 11) is 0. The maximum absolute atomic E-state index is 12.7. The van der Waals surface area contributed by atoms with Crippen LogP contribution < -0.4 is 0 Å². The second-order valence-corrected chi connectivity index (χ2v) is 5.78. The van der Waals surface area contributed by atoms with Crippen LogP contribution in [-0.2, 0) is 6.54 Å². The van der Waals surface area contributed by atoms with Crippen LogP contribution in [0.2, 0.25) is 5.02 Å². The Bertz CT molecular complexity index is 702. The normalized spacial score (nSPS) is 10.3. The zero-order valence-corrected chi connectivity index (χ0v) is 13.3. The van der Waals surface area contributed by atoms with Crippen molar-refractivity contribution in [3.8, 4) is 6.07 Å². The molecule has 0 aliphatic heterocycles. The van der Waals surface area contributed by atoms with Gasteiger partial charge in [0.15, 0.2) is 0 Å². The van der Waals surface area contributed by atoms with Crippen LogP contribution in [0.4, 0.5) is 0 Å². The van der Waals surface area contributed by atoms with Gasteiger partial charge in [0.25, 0.3) is 5.91 Å². The number of halogens is 1. The van der Waals surface area contributed by atoms with E-state index < -0.39 is 0 Å². The molecule has 0 aromatic heterocycles. The van der Waals surface area contributed by atoms with Gasteiger partial charge >= 0.3 is 0 Å². The van der Waals surface area contributed by atoms with Crippen molar-refractivity contribution in [3.63, 3.8) is 0 Å². The molecule has 0 spiro atoms. The Kier molecular flexibility index (Phi) is 5.19. The summed E-state index contributed by atoms with van der Waals surface area (Å²) >= 11 is 6.00. The van der Waals surface area contributed by atoms with Crippen LogP contribution >= 0.6 is 11.6 Å². The topological polar surface area (TPSA) is 44.1 Å². The van der Waals surface area contributed by atoms with Crippen LogP contribution in [0.1, 0.15) is 35.3 Å². The van der Waals surface area contributed by atoms with Crippen LogP contribution in [0.15, 0.2) is 48.5 Å². The van der Waals surface area contributed by atoms with Gasteiger partial charge < -0.3 is 4.90 Å². The van der Waals surface area contributed by atoms with E-state index >= 15 is 0 Å². The van der Waals surface area contributed by atoms with E-state index in [1.54, 1.807) is 29.2 Å². The third-order valence-electron chi connectivity index (χ3n) is 3.39. The summed E-state index contributed by atoms with van der Waals surface area (Å²) in [4.78, 5) is 14.5. The second-order valence-electron chi connectivity index (χ2n) is 5.35. The molecule has 22 heavy (non-hydrogen) atoms. The minimum atomic E-state index is -0.0561. The number of nitriles is 1. The summed E-state index contributed by atoms with van der Waals surface area (Å²) in [6.45, 7) is 4.45. The van der Waals surface area contributed by atoms with Gasteiger partial charge in [-0.1, -0.05) is 23.7 Å². The Morgan fingerprint density at radius 3 is 2.45 bits per heavy atom. The Hall–Kier alpha value is -2.31. The van der Waals surface area contributed by atoms with E-state index in [0.717, 1.165) is 5.56 Å². The van der Waals surface area contributed by atoms with Gasteiger partial charge in [-0.3, -0.25) is 4.79 Å². The number of hydrogen-bond acceptors (Lipinski definition) is 2. The smallest absolute Gasteiger partial charge is 0.254 e. The average molecular weight is 313 g/mol. The van der Waals surface area contributed by atoms with E-state index in [4.69, 9.17) is 16.9 Å². The maximum atomic E-state index is 12.7. The summed E-state index contributed by atoms with van der Waals surface area (Å²) in [6, 6.07) is 16.3. The molecular formula is C18H17ClN2O. The van der Waals surface area contributed by atoms with Crippen molar-refractivity contribution in [2.24, 2.45) is 0 Å². The highest BCUT2D eigenvalue weighted by atomic mass is 35.5. The zero-order valence-electron chi connectivity index (χ0n) is 12.6. The number of carbonyl (C=O) groups is 1. The van der Waals surface area contributed by atoms with Gasteiger partial charge in [-0.05, 0) is 55.8 Å². The van der Waals surface area contributed by atoms with Crippen LogP contribution in [0.25, 0.3) is 0 Å². The van der Waals surface area contributed by atoms with E-state index in [1.165, 1.54) is 0 Å². The van der Waals surface area contributed by atoms with Crippen LogP contribution in [0.3, 0.4) is 0 Å². The first kappa shape index (κ1) is 16.1. The maximum Gasteiger partial charge on any atom is 0.254 e. The molecule has 0 saturated heterocycles. The first-order valence-electron chi connectivity index (χ1n) is 7.07. The lowest BCUT2D eigenvalue weighted by Gasteiger charge is -2.27. The van der Waals surface area contributed by atoms with Gasteiger partial charge in [0.2, 0.25) is 0 Å². The monoisotopic (exact) mass is 312 g/mol. The molecule has 0 fully saturated rings. The molecule has 0 saturated carbocycles. The fraction of sp³-hybridized carbons (Fsp3) is 0.222. The van der Waals surface area contributed by atoms with Crippen LogP contribution in [0, 0.1) is 11.3 Å². The quantitative estimate of drug-likeness (QED) is 0.846. The Labute approximate surface area is 135 Å². The van der Waals surface area contributed by atoms with E-state index in [9.17, 15) is 4.79 Å². The van der Waals surface area contributed by atoms with E-state index in [-0.39, 0.29) is 11.9 Å². The molecule has 0 radical (unpaired) electrons. The van der Waals surface area contributed by atoms with Crippen molar-refractivity contribution in [2.45, 2.75) is 26.4 Å². The summed E-state index contributed by atoms with van der Waals surface area (Å²) in [5, 5.41) is 9.49. The van der Waals surface area contributed by atoms with Gasteiger partial charge in [-0.25, -0.2) is 0 Å². The molecule has 112 valence electrons. The highest BCUT2D eigenvalue weighted by molar-refractivity contribution is 6.30. The molecule has 0 N–H and O–H groups in total. The second kappa shape index (κ2) is 7.11. The van der Waals surface area contributed by atoms with E-state index in [2.05, 4.69) is 6.07 Å². The minimum absolute atomic E-state index is 0.0561. The van der Waals surface area contributed by atoms with Crippen molar-refractivity contribution >= 4 is 17.5 Å². The van der Waals surface area contributed by atoms with Crippen LogP contribution in [0.5, 0.6) is 0 Å². The number of hydrogen-bond donors (Lipinski definition) is 0. The molecule has 0 atom stereocenters. The summed E-state index contributed by atoms with van der Waals surface area (Å²) in [5.41, 5.74) is 2.11. The molecule has 1 amide bonds. The number of nitrogens with zero attached hydrogens (tertiary/aromatic N) is 2. The Balaban J connectivity index is 2.23. The van der Waals surface area contributed by atoms with Crippen LogP contribution in [-0.4, -0.2) is 16.8 Å². The molecule has 0 unspecified atom stereocenters. The third kappa shape index (κ3) is 3.87.